The van der Waals surface area contributed by atoms with Crippen LogP contribution in [0.5, 0.6) is 5.75 Å². The third-order valence-electron chi connectivity index (χ3n) is 11.8. The lowest BCUT2D eigenvalue weighted by molar-refractivity contribution is -0.271. The third-order valence-corrected chi connectivity index (χ3v) is 13.5. The highest BCUT2D eigenvalue weighted by molar-refractivity contribution is 8.01. The van der Waals surface area contributed by atoms with Crippen LogP contribution in [0.2, 0.25) is 0 Å². The normalized spacial score (nSPS) is 24.1. The van der Waals surface area contributed by atoms with Gasteiger partial charge in [-0.25, -0.2) is 9.18 Å². The highest BCUT2D eigenvalue weighted by Crippen LogP contribution is 2.69. The van der Waals surface area contributed by atoms with Crippen molar-refractivity contribution >= 4 is 35.4 Å². The van der Waals surface area contributed by atoms with Gasteiger partial charge in [-0.1, -0.05) is 115 Å². The van der Waals surface area contributed by atoms with Gasteiger partial charge in [0.15, 0.2) is 5.78 Å². The summed E-state index contributed by atoms with van der Waals surface area (Å²) < 4.78 is 31.8. The Morgan fingerprint density at radius 1 is 0.850 bits per heavy atom. The highest BCUT2D eigenvalue weighted by Gasteiger charge is 2.81. The van der Waals surface area contributed by atoms with Crippen LogP contribution in [-0.4, -0.2) is 49.8 Å². The molecule has 0 bridgehead atoms. The van der Waals surface area contributed by atoms with Gasteiger partial charge in [0.05, 0.1) is 23.8 Å². The van der Waals surface area contributed by atoms with Crippen LogP contribution in [0.1, 0.15) is 59.5 Å². The fraction of sp³-hybridized carbons (Fsp3) is 0.265. The maximum Gasteiger partial charge on any atom is 0.335 e. The maximum atomic E-state index is 15.7. The van der Waals surface area contributed by atoms with Crippen molar-refractivity contribution < 1.29 is 42.9 Å². The monoisotopic (exact) mass is 825 g/mol. The van der Waals surface area contributed by atoms with Crippen LogP contribution in [0.25, 0.3) is 0 Å². The number of amides is 1. The molecule has 2 heterocycles. The molecular formula is C49H44FNO8S. The van der Waals surface area contributed by atoms with Crippen LogP contribution >= 0.6 is 11.8 Å². The molecule has 2 saturated heterocycles. The summed E-state index contributed by atoms with van der Waals surface area (Å²) >= 11 is 1.30. The Balaban J connectivity index is 1.26. The molecule has 5 aromatic rings. The minimum Gasteiger partial charge on any atom is -0.454 e. The number of nitrogens with zero attached hydrogens (tertiary/aromatic N) is 1. The molecule has 3 aliphatic rings. The molecule has 1 amide bonds. The fourth-order valence-corrected chi connectivity index (χ4v) is 10.8. The lowest BCUT2D eigenvalue weighted by atomic mass is 9.60. The molecule has 306 valence electrons. The lowest BCUT2D eigenvalue weighted by Gasteiger charge is -2.58. The van der Waals surface area contributed by atoms with Crippen molar-refractivity contribution in [2.24, 2.45) is 17.3 Å². The van der Waals surface area contributed by atoms with Crippen molar-refractivity contribution in [3.05, 3.63) is 185 Å². The molecular weight excluding hydrogens is 782 g/mol. The molecule has 9 nitrogen and oxygen atoms in total. The summed E-state index contributed by atoms with van der Waals surface area (Å²) in [5, 5.41) is 12.0. The maximum absolute atomic E-state index is 15.7. The first-order valence-electron chi connectivity index (χ1n) is 19.8. The van der Waals surface area contributed by atoms with Gasteiger partial charge in [0.1, 0.15) is 29.1 Å². The summed E-state index contributed by atoms with van der Waals surface area (Å²) in [4.78, 5) is 61.4. The van der Waals surface area contributed by atoms with Gasteiger partial charge in [0.2, 0.25) is 11.7 Å². The van der Waals surface area contributed by atoms with Crippen molar-refractivity contribution in [2.75, 3.05) is 0 Å². The molecule has 0 aromatic heterocycles. The number of halogens is 1. The topological polar surface area (TPSA) is 119 Å². The Labute approximate surface area is 352 Å². The summed E-state index contributed by atoms with van der Waals surface area (Å²) in [5.74, 6) is -8.60. The molecule has 60 heavy (non-hydrogen) atoms. The van der Waals surface area contributed by atoms with Gasteiger partial charge in [-0.05, 0) is 75.2 Å². The summed E-state index contributed by atoms with van der Waals surface area (Å²) in [6, 6.07) is 37.6. The third kappa shape index (κ3) is 7.04. The number of carbonyl (C=O) groups excluding carboxylic acids is 4. The second kappa shape index (κ2) is 15.9. The van der Waals surface area contributed by atoms with E-state index in [4.69, 9.17) is 14.2 Å². The first-order chi connectivity index (χ1) is 28.8. The van der Waals surface area contributed by atoms with Gasteiger partial charge in [-0.3, -0.25) is 14.4 Å². The summed E-state index contributed by atoms with van der Waals surface area (Å²) in [6.07, 6.45) is 0.569. The fourth-order valence-electron chi connectivity index (χ4n) is 8.91. The Morgan fingerprint density at radius 2 is 1.45 bits per heavy atom. The van der Waals surface area contributed by atoms with E-state index in [0.29, 0.717) is 11.1 Å². The number of hydrogen-bond donors (Lipinski definition) is 1. The van der Waals surface area contributed by atoms with E-state index in [9.17, 15) is 19.1 Å². The number of Topliss-reactive ketones (excluding diaryl/α,β-unsaturated/α-hetero) is 1. The minimum atomic E-state index is -2.09. The number of fused-ring (bicyclic) bond motifs is 2. The summed E-state index contributed by atoms with van der Waals surface area (Å²) in [7, 11) is 0. The van der Waals surface area contributed by atoms with Gasteiger partial charge in [-0.2, -0.15) is 0 Å². The molecule has 1 spiro atoms. The van der Waals surface area contributed by atoms with Crippen LogP contribution in [0.3, 0.4) is 0 Å². The van der Waals surface area contributed by atoms with E-state index < -0.39 is 74.8 Å². The van der Waals surface area contributed by atoms with E-state index in [1.807, 2.05) is 75.4 Å². The average Bonchev–Trinajstić information content (AvgIpc) is 3.77. The number of carbonyl (C=O) groups is 4. The number of aryl methyl sites for hydroxylation is 1. The Kier molecular flexibility index (Phi) is 10.9. The van der Waals surface area contributed by atoms with E-state index in [1.54, 1.807) is 67.6 Å². The molecule has 1 N–H and O–H groups in total. The average molecular weight is 826 g/mol. The van der Waals surface area contributed by atoms with Crippen LogP contribution < -0.4 is 4.74 Å². The van der Waals surface area contributed by atoms with Crippen molar-refractivity contribution in [3.8, 4) is 5.75 Å². The summed E-state index contributed by atoms with van der Waals surface area (Å²) in [5.41, 5.74) is 0.789. The van der Waals surface area contributed by atoms with Crippen LogP contribution in [0.15, 0.2) is 151 Å². The predicted octanol–water partition coefficient (Wildman–Crippen LogP) is 8.51. The zero-order valence-electron chi connectivity index (χ0n) is 33.5. The molecule has 0 saturated carbocycles. The number of thioether (sulfide) groups is 1. The van der Waals surface area contributed by atoms with E-state index >= 15 is 9.59 Å². The lowest BCUT2D eigenvalue weighted by Crippen LogP contribution is -2.76. The number of para-hydroxylation sites is 1. The Bertz CT molecular complexity index is 2440. The number of benzene rings is 5. The molecule has 11 heteroatoms. The molecule has 2 aliphatic heterocycles. The molecule has 2 fully saturated rings. The minimum absolute atomic E-state index is 0.00423. The largest absolute Gasteiger partial charge is 0.454 e. The van der Waals surface area contributed by atoms with Gasteiger partial charge in [0.25, 0.3) is 0 Å². The number of ether oxygens (including phenoxy) is 3. The van der Waals surface area contributed by atoms with E-state index in [0.717, 1.165) is 23.3 Å². The number of aliphatic hydroxyl groups is 1. The van der Waals surface area contributed by atoms with Crippen LogP contribution in [0.4, 0.5) is 4.39 Å². The van der Waals surface area contributed by atoms with E-state index in [2.05, 4.69) is 0 Å². The number of ketones is 1. The second-order valence-corrected chi connectivity index (χ2v) is 17.8. The SMILES string of the molecule is Cc1ccc(C(C)OC(=O)C2=CC(C(=O)Oc3ccccc3)C3(C(=O)N4[C@@H](C(O)(OCc5ccccc5)c5ccccc5)C(C)(C)S[C@@H]43)C2C(=O)c2ccc(F)cc2)cc1. The van der Waals surface area contributed by atoms with Crippen molar-refractivity contribution in [1.82, 2.24) is 4.90 Å². The number of hydrogen-bond acceptors (Lipinski definition) is 9. The quantitative estimate of drug-likeness (QED) is 0.0434. The van der Waals surface area contributed by atoms with Gasteiger partial charge in [0, 0.05) is 21.4 Å². The molecule has 0 radical (unpaired) electrons. The number of rotatable bonds is 12. The van der Waals surface area contributed by atoms with Crippen molar-refractivity contribution in [3.63, 3.8) is 0 Å². The Hall–Kier alpha value is -5.88. The molecule has 8 rings (SSSR count). The summed E-state index contributed by atoms with van der Waals surface area (Å²) in [6.45, 7) is 7.37. The number of β-lactam (4-membered cyclic amide) rings is 1. The zero-order chi connectivity index (χ0) is 42.4. The van der Waals surface area contributed by atoms with Gasteiger partial charge >= 0.3 is 11.9 Å². The first-order valence-corrected chi connectivity index (χ1v) is 20.7. The van der Waals surface area contributed by atoms with Crippen molar-refractivity contribution in [1.29, 1.82) is 0 Å². The molecule has 5 aromatic carbocycles. The van der Waals surface area contributed by atoms with Crippen LogP contribution in [0, 0.1) is 30.0 Å². The Morgan fingerprint density at radius 3 is 2.08 bits per heavy atom. The van der Waals surface area contributed by atoms with Gasteiger partial charge in [-0.15, -0.1) is 11.8 Å². The van der Waals surface area contributed by atoms with E-state index in [1.165, 1.54) is 34.9 Å². The number of esters is 2. The molecule has 5 unspecified atom stereocenters. The predicted molar refractivity (Wildman–Crippen MR) is 224 cm³/mol. The molecule has 1 aliphatic carbocycles. The standard InChI is InChI=1S/C49H44FNO8S/c1-30-20-22-33(23-21-30)31(2)58-42(53)38-28-39(43(54)59-37-18-12-7-13-19-37)48(40(38)41(52)34-24-26-36(50)27-25-34)45(55)51-44(47(3,4)60-46(48)51)49(56,35-16-10-6-11-17-35)57-29-32-14-8-5-9-15-32/h5-28,31,39-40,44,46,56H,29H2,1-4H3/t31?,39?,40?,44-,46-,48?,49?/m1/s1. The first kappa shape index (κ1) is 40.9. The smallest absolute Gasteiger partial charge is 0.335 e. The molecule has 7 atom stereocenters. The van der Waals surface area contributed by atoms with E-state index in [-0.39, 0.29) is 23.5 Å². The second-order valence-electron chi connectivity index (χ2n) is 16.1. The van der Waals surface area contributed by atoms with Crippen molar-refractivity contribution in [2.45, 2.75) is 62.4 Å². The van der Waals surface area contributed by atoms with Crippen LogP contribution in [-0.2, 0) is 36.3 Å². The zero-order valence-corrected chi connectivity index (χ0v) is 34.3. The van der Waals surface area contributed by atoms with Gasteiger partial charge < -0.3 is 24.2 Å². The highest BCUT2D eigenvalue weighted by atomic mass is 32.2.